The van der Waals surface area contributed by atoms with Crippen LogP contribution < -0.4 is 11.1 Å². The van der Waals surface area contributed by atoms with E-state index in [1.54, 1.807) is 0 Å². The number of rotatable bonds is 4. The van der Waals surface area contributed by atoms with Crippen LogP contribution in [0.5, 0.6) is 0 Å². The number of nitrogens with one attached hydrogen (secondary N) is 1. The van der Waals surface area contributed by atoms with Gasteiger partial charge in [0.25, 0.3) is 0 Å². The van der Waals surface area contributed by atoms with Crippen LogP contribution in [0, 0.1) is 0 Å². The van der Waals surface area contributed by atoms with Crippen molar-refractivity contribution in [2.24, 2.45) is 0 Å². The maximum atomic E-state index is 12.5. The van der Waals surface area contributed by atoms with Gasteiger partial charge in [0.05, 0.1) is 5.56 Å². The van der Waals surface area contributed by atoms with E-state index in [0.29, 0.717) is 17.3 Å². The summed E-state index contributed by atoms with van der Waals surface area (Å²) in [6.07, 6.45) is -4.36. The Bertz CT molecular complexity index is 614. The molecule has 2 aromatic rings. The molecule has 2 rings (SSSR count). The molecule has 0 aliphatic heterocycles. The van der Waals surface area contributed by atoms with Crippen molar-refractivity contribution in [3.8, 4) is 0 Å². The number of alkyl halides is 3. The molecule has 0 fully saturated rings. The first-order valence-electron chi connectivity index (χ1n) is 5.95. The molecule has 0 amide bonds. The zero-order chi connectivity index (χ0) is 15.5. The van der Waals surface area contributed by atoms with Gasteiger partial charge in [-0.3, -0.25) is 0 Å². The molecule has 8 heteroatoms. The number of benzene rings is 1. The average molecular weight is 298 g/mol. The first-order chi connectivity index (χ1) is 9.88. The molecule has 0 bridgehead atoms. The average Bonchev–Trinajstić information content (AvgIpc) is 2.38. The minimum absolute atomic E-state index is 0.187. The quantitative estimate of drug-likeness (QED) is 0.908. The van der Waals surface area contributed by atoms with Crippen LogP contribution >= 0.6 is 0 Å². The van der Waals surface area contributed by atoms with Gasteiger partial charge in [0.1, 0.15) is 18.2 Å². The summed E-state index contributed by atoms with van der Waals surface area (Å²) < 4.78 is 42.3. The smallest absolute Gasteiger partial charge is 0.384 e. The SMILES string of the molecule is COCc1nc(N)cc(Nc2ccc(C(F)(F)F)cc2)n1. The Labute approximate surface area is 119 Å². The second-order valence-electron chi connectivity index (χ2n) is 4.23. The molecule has 3 N–H and O–H groups in total. The molecule has 1 heterocycles. The molecule has 0 atom stereocenters. The first-order valence-corrected chi connectivity index (χ1v) is 5.95. The number of ether oxygens (including phenoxy) is 1. The van der Waals surface area contributed by atoms with E-state index >= 15 is 0 Å². The third kappa shape index (κ3) is 4.06. The maximum absolute atomic E-state index is 12.5. The van der Waals surface area contributed by atoms with E-state index in [9.17, 15) is 13.2 Å². The minimum atomic E-state index is -4.36. The Morgan fingerprint density at radius 3 is 2.43 bits per heavy atom. The largest absolute Gasteiger partial charge is 0.416 e. The number of aromatic nitrogens is 2. The van der Waals surface area contributed by atoms with E-state index in [0.717, 1.165) is 12.1 Å². The van der Waals surface area contributed by atoms with Gasteiger partial charge in [-0.1, -0.05) is 0 Å². The monoisotopic (exact) mass is 298 g/mol. The summed E-state index contributed by atoms with van der Waals surface area (Å²) in [4.78, 5) is 8.10. The summed E-state index contributed by atoms with van der Waals surface area (Å²) in [5.74, 6) is 1.01. The van der Waals surface area contributed by atoms with Crippen LogP contribution in [0.15, 0.2) is 30.3 Å². The van der Waals surface area contributed by atoms with Gasteiger partial charge in [0.15, 0.2) is 5.82 Å². The van der Waals surface area contributed by atoms with Gasteiger partial charge in [-0.05, 0) is 24.3 Å². The Balaban J connectivity index is 2.18. The highest BCUT2D eigenvalue weighted by molar-refractivity contribution is 5.58. The van der Waals surface area contributed by atoms with Crippen molar-refractivity contribution in [2.45, 2.75) is 12.8 Å². The van der Waals surface area contributed by atoms with Gasteiger partial charge in [0.2, 0.25) is 0 Å². The number of anilines is 3. The van der Waals surface area contributed by atoms with E-state index < -0.39 is 11.7 Å². The van der Waals surface area contributed by atoms with Crippen molar-refractivity contribution in [1.82, 2.24) is 9.97 Å². The summed E-state index contributed by atoms with van der Waals surface area (Å²) in [6.45, 7) is 0.187. The summed E-state index contributed by atoms with van der Waals surface area (Å²) in [5.41, 5.74) is 5.38. The molecule has 0 spiro atoms. The fraction of sp³-hybridized carbons (Fsp3) is 0.231. The molecule has 0 saturated carbocycles. The third-order valence-electron chi connectivity index (χ3n) is 2.55. The lowest BCUT2D eigenvalue weighted by Gasteiger charge is -2.10. The fourth-order valence-corrected chi connectivity index (χ4v) is 1.67. The van der Waals surface area contributed by atoms with Crippen LogP contribution in [0.3, 0.4) is 0 Å². The Kier molecular flexibility index (Phi) is 4.27. The molecule has 0 aliphatic carbocycles. The standard InChI is InChI=1S/C13H13F3N4O/c1-21-7-12-19-10(17)6-11(20-12)18-9-4-2-8(3-5-9)13(14,15)16/h2-6H,7H2,1H3,(H3,17,18,19,20). The Morgan fingerprint density at radius 2 is 1.86 bits per heavy atom. The maximum Gasteiger partial charge on any atom is 0.416 e. The van der Waals surface area contributed by atoms with Crippen molar-refractivity contribution in [2.75, 3.05) is 18.2 Å². The molecular weight excluding hydrogens is 285 g/mol. The minimum Gasteiger partial charge on any atom is -0.384 e. The topological polar surface area (TPSA) is 73.1 Å². The lowest BCUT2D eigenvalue weighted by molar-refractivity contribution is -0.137. The van der Waals surface area contributed by atoms with Gasteiger partial charge < -0.3 is 15.8 Å². The number of nitrogen functional groups attached to an aromatic ring is 1. The van der Waals surface area contributed by atoms with Crippen molar-refractivity contribution in [3.05, 3.63) is 41.7 Å². The van der Waals surface area contributed by atoms with E-state index in [2.05, 4.69) is 15.3 Å². The predicted molar refractivity (Wildman–Crippen MR) is 71.9 cm³/mol. The van der Waals surface area contributed by atoms with E-state index in [1.807, 2.05) is 0 Å². The second-order valence-corrected chi connectivity index (χ2v) is 4.23. The van der Waals surface area contributed by atoms with Crippen LogP contribution in [-0.4, -0.2) is 17.1 Å². The fourth-order valence-electron chi connectivity index (χ4n) is 1.67. The van der Waals surface area contributed by atoms with E-state index in [1.165, 1.54) is 25.3 Å². The normalized spacial score (nSPS) is 11.4. The van der Waals surface area contributed by atoms with Gasteiger partial charge in [-0.15, -0.1) is 0 Å². The molecule has 1 aromatic carbocycles. The van der Waals surface area contributed by atoms with Crippen LogP contribution in [0.25, 0.3) is 0 Å². The summed E-state index contributed by atoms with van der Waals surface area (Å²) in [6, 6.07) is 6.09. The second kappa shape index (κ2) is 5.96. The molecule has 112 valence electrons. The zero-order valence-electron chi connectivity index (χ0n) is 11.1. The highest BCUT2D eigenvalue weighted by atomic mass is 19.4. The Morgan fingerprint density at radius 1 is 1.19 bits per heavy atom. The molecule has 0 unspecified atom stereocenters. The molecular formula is C13H13F3N4O. The summed E-state index contributed by atoms with van der Waals surface area (Å²) in [7, 11) is 1.50. The van der Waals surface area contributed by atoms with Crippen LogP contribution in [0.1, 0.15) is 11.4 Å². The van der Waals surface area contributed by atoms with Crippen LogP contribution in [-0.2, 0) is 17.5 Å². The van der Waals surface area contributed by atoms with Crippen molar-refractivity contribution < 1.29 is 17.9 Å². The molecule has 0 radical (unpaired) electrons. The van der Waals surface area contributed by atoms with E-state index in [4.69, 9.17) is 10.5 Å². The number of methoxy groups -OCH3 is 1. The molecule has 21 heavy (non-hydrogen) atoms. The molecule has 1 aromatic heterocycles. The van der Waals surface area contributed by atoms with Crippen molar-refractivity contribution in [3.63, 3.8) is 0 Å². The summed E-state index contributed by atoms with van der Waals surface area (Å²) in [5, 5.41) is 2.87. The van der Waals surface area contributed by atoms with Gasteiger partial charge in [-0.25, -0.2) is 9.97 Å². The van der Waals surface area contributed by atoms with Crippen molar-refractivity contribution >= 4 is 17.3 Å². The van der Waals surface area contributed by atoms with E-state index in [-0.39, 0.29) is 12.4 Å². The number of nitrogens with zero attached hydrogens (tertiary/aromatic N) is 2. The van der Waals surface area contributed by atoms with Gasteiger partial charge in [0, 0.05) is 18.9 Å². The molecule has 0 aliphatic rings. The predicted octanol–water partition coefficient (Wildman–Crippen LogP) is 2.97. The lowest BCUT2D eigenvalue weighted by atomic mass is 10.2. The number of hydrogen-bond acceptors (Lipinski definition) is 5. The zero-order valence-corrected chi connectivity index (χ0v) is 11.1. The van der Waals surface area contributed by atoms with Crippen molar-refractivity contribution in [1.29, 1.82) is 0 Å². The van der Waals surface area contributed by atoms with Crippen LogP contribution in [0.2, 0.25) is 0 Å². The van der Waals surface area contributed by atoms with Crippen LogP contribution in [0.4, 0.5) is 30.5 Å². The van der Waals surface area contributed by atoms with Gasteiger partial charge in [-0.2, -0.15) is 13.2 Å². The Hall–Kier alpha value is -2.35. The number of nitrogens with two attached hydrogens (primary N) is 1. The lowest BCUT2D eigenvalue weighted by Crippen LogP contribution is -2.06. The number of halogens is 3. The number of hydrogen-bond donors (Lipinski definition) is 2. The molecule has 0 saturated heterocycles. The highest BCUT2D eigenvalue weighted by Gasteiger charge is 2.29. The summed E-state index contributed by atoms with van der Waals surface area (Å²) >= 11 is 0. The third-order valence-corrected chi connectivity index (χ3v) is 2.55. The first kappa shape index (κ1) is 15.0. The highest BCUT2D eigenvalue weighted by Crippen LogP contribution is 2.30. The molecule has 5 nitrogen and oxygen atoms in total. The van der Waals surface area contributed by atoms with Gasteiger partial charge >= 0.3 is 6.18 Å².